The maximum Gasteiger partial charge on any atom is 0.307 e. The second-order valence-corrected chi connectivity index (χ2v) is 8.56. The minimum absolute atomic E-state index is 0.0791. The molecule has 0 radical (unpaired) electrons. The minimum Gasteiger partial charge on any atom is -0.494 e. The van der Waals surface area contributed by atoms with Gasteiger partial charge in [-0.3, -0.25) is 9.59 Å². The van der Waals surface area contributed by atoms with Crippen LogP contribution in [0.2, 0.25) is 0 Å². The molecule has 190 valence electrons. The molecule has 0 bridgehead atoms. The van der Waals surface area contributed by atoms with E-state index in [-0.39, 0.29) is 18.2 Å². The van der Waals surface area contributed by atoms with Gasteiger partial charge < -0.3 is 25.4 Å². The number of hydrogen-bond donors (Lipinski definition) is 4. The van der Waals surface area contributed by atoms with E-state index < -0.39 is 11.8 Å². The fourth-order valence-electron chi connectivity index (χ4n) is 4.14. The smallest absolute Gasteiger partial charge is 0.307 e. The number of amides is 1. The molecule has 8 nitrogen and oxygen atoms in total. The van der Waals surface area contributed by atoms with Gasteiger partial charge in [-0.05, 0) is 55.1 Å². The van der Waals surface area contributed by atoms with Crippen LogP contribution in [0.5, 0.6) is 5.88 Å². The van der Waals surface area contributed by atoms with Crippen molar-refractivity contribution < 1.29 is 24.2 Å². The molecular formula is C28H27FN4O4. The minimum atomic E-state index is -0.938. The summed E-state index contributed by atoms with van der Waals surface area (Å²) in [6.07, 6.45) is -0.119. The summed E-state index contributed by atoms with van der Waals surface area (Å²) in [5.41, 5.74) is 3.79. The van der Waals surface area contributed by atoms with Crippen LogP contribution in [0.1, 0.15) is 23.6 Å². The van der Waals surface area contributed by atoms with E-state index in [0.717, 1.165) is 5.69 Å². The molecule has 0 spiro atoms. The van der Waals surface area contributed by atoms with Crippen LogP contribution in [0.25, 0.3) is 10.9 Å². The first-order chi connectivity index (χ1) is 17.8. The summed E-state index contributed by atoms with van der Waals surface area (Å²) in [6.45, 7) is 2.67. The summed E-state index contributed by atoms with van der Waals surface area (Å²) in [7, 11) is 1.82. The molecule has 0 saturated carbocycles. The lowest BCUT2D eigenvalue weighted by atomic mass is 9.99. The van der Waals surface area contributed by atoms with Gasteiger partial charge in [-0.15, -0.1) is 0 Å². The Balaban J connectivity index is 1.80. The topological polar surface area (TPSA) is 118 Å². The van der Waals surface area contributed by atoms with Gasteiger partial charge in [0.2, 0.25) is 5.91 Å². The van der Waals surface area contributed by atoms with Crippen molar-refractivity contribution in [1.82, 2.24) is 10.3 Å². The third-order valence-corrected chi connectivity index (χ3v) is 5.93. The number of nitrogens with zero attached hydrogens (tertiary/aromatic N) is 2. The van der Waals surface area contributed by atoms with Gasteiger partial charge in [-0.1, -0.05) is 24.3 Å². The molecule has 0 aliphatic carbocycles. The van der Waals surface area contributed by atoms with E-state index in [1.165, 1.54) is 19.1 Å². The zero-order chi connectivity index (χ0) is 26.5. The Labute approximate surface area is 213 Å². The highest BCUT2D eigenvalue weighted by Gasteiger charge is 2.19. The van der Waals surface area contributed by atoms with Gasteiger partial charge in [-0.25, -0.2) is 9.38 Å². The molecule has 0 aliphatic rings. The predicted octanol–water partition coefficient (Wildman–Crippen LogP) is 4.38. The molecule has 0 aliphatic heterocycles. The van der Waals surface area contributed by atoms with Crippen molar-refractivity contribution in [2.75, 3.05) is 25.0 Å². The fourth-order valence-corrected chi connectivity index (χ4v) is 4.14. The molecular weight excluding hydrogens is 475 g/mol. The van der Waals surface area contributed by atoms with Gasteiger partial charge >= 0.3 is 5.97 Å². The first kappa shape index (κ1) is 25.6. The van der Waals surface area contributed by atoms with E-state index in [9.17, 15) is 19.1 Å². The number of aromatic amines is 1. The molecule has 1 aromatic heterocycles. The Bertz CT molecular complexity index is 1460. The number of H-pyrrole nitrogens is 1. The zero-order valence-electron chi connectivity index (χ0n) is 20.5. The van der Waals surface area contributed by atoms with Crippen LogP contribution < -0.4 is 10.2 Å². The number of aromatic nitrogens is 1. The molecule has 0 atom stereocenters. The quantitative estimate of drug-likeness (QED) is 0.253. The van der Waals surface area contributed by atoms with Gasteiger partial charge in [0.25, 0.3) is 0 Å². The summed E-state index contributed by atoms with van der Waals surface area (Å²) in [5, 5.41) is 23.5. The highest BCUT2D eigenvalue weighted by atomic mass is 19.1. The lowest BCUT2D eigenvalue weighted by Gasteiger charge is -2.21. The molecule has 4 rings (SSSR count). The highest BCUT2D eigenvalue weighted by Crippen LogP contribution is 2.32. The van der Waals surface area contributed by atoms with Crippen molar-refractivity contribution in [2.45, 2.75) is 13.3 Å². The van der Waals surface area contributed by atoms with Crippen LogP contribution in [0.4, 0.5) is 15.8 Å². The van der Waals surface area contributed by atoms with Crippen LogP contribution in [0, 0.1) is 5.82 Å². The average molecular weight is 503 g/mol. The Kier molecular flexibility index (Phi) is 7.64. The number of aliphatic imine (C=N–C) groups is 1. The Morgan fingerprint density at radius 1 is 1.05 bits per heavy atom. The predicted molar refractivity (Wildman–Crippen MR) is 141 cm³/mol. The number of aliphatic carboxylic acids is 1. The fraction of sp³-hybridized carbons (Fsp3) is 0.179. The number of likely N-dealkylation sites (N-methyl/N-ethyl adjacent to an activating group) is 1. The lowest BCUT2D eigenvalue weighted by Crippen LogP contribution is -2.34. The number of aromatic hydroxyl groups is 1. The maximum atomic E-state index is 13.8. The van der Waals surface area contributed by atoms with E-state index in [1.807, 2.05) is 7.05 Å². The number of rotatable bonds is 9. The monoisotopic (exact) mass is 502 g/mol. The second-order valence-electron chi connectivity index (χ2n) is 8.56. The first-order valence-electron chi connectivity index (χ1n) is 11.7. The average Bonchev–Trinajstić information content (AvgIpc) is 3.18. The molecule has 1 heterocycles. The van der Waals surface area contributed by atoms with Crippen LogP contribution in [-0.2, 0) is 16.0 Å². The number of anilines is 1. The van der Waals surface area contributed by atoms with Gasteiger partial charge in [0.05, 0.1) is 28.9 Å². The maximum absolute atomic E-state index is 13.8. The van der Waals surface area contributed by atoms with E-state index in [4.69, 9.17) is 10.1 Å². The second kappa shape index (κ2) is 11.0. The largest absolute Gasteiger partial charge is 0.494 e. The number of carboxylic acids is 1. The molecule has 4 aromatic rings. The SMILES string of the molecule is CNCCN(C(C)=O)c1ccc(N=C(c2ccc(CC(=O)O)cc2)c2c(O)[nH]c3cc(F)ccc23)cc1. The summed E-state index contributed by atoms with van der Waals surface area (Å²) in [5.74, 6) is -1.63. The van der Waals surface area contributed by atoms with Crippen molar-refractivity contribution >= 4 is 39.9 Å². The molecule has 37 heavy (non-hydrogen) atoms. The molecule has 3 aromatic carbocycles. The van der Waals surface area contributed by atoms with E-state index in [1.54, 1.807) is 59.5 Å². The number of hydrogen-bond acceptors (Lipinski definition) is 5. The van der Waals surface area contributed by atoms with Crippen molar-refractivity contribution in [1.29, 1.82) is 0 Å². The first-order valence-corrected chi connectivity index (χ1v) is 11.7. The molecule has 1 amide bonds. The summed E-state index contributed by atoms with van der Waals surface area (Å²) < 4.78 is 13.8. The molecule has 4 N–H and O–H groups in total. The van der Waals surface area contributed by atoms with Crippen LogP contribution >= 0.6 is 0 Å². The third kappa shape index (κ3) is 5.84. The van der Waals surface area contributed by atoms with Gasteiger partial charge in [0.1, 0.15) is 5.82 Å². The number of fused-ring (bicyclic) bond motifs is 1. The van der Waals surface area contributed by atoms with Gasteiger partial charge in [-0.2, -0.15) is 0 Å². The Morgan fingerprint density at radius 2 is 1.76 bits per heavy atom. The van der Waals surface area contributed by atoms with Crippen molar-refractivity contribution in [3.05, 3.63) is 89.2 Å². The molecule has 9 heteroatoms. The third-order valence-electron chi connectivity index (χ3n) is 5.93. The van der Waals surface area contributed by atoms with Crippen molar-refractivity contribution in [3.8, 4) is 5.88 Å². The van der Waals surface area contributed by atoms with Gasteiger partial charge in [0.15, 0.2) is 5.88 Å². The highest BCUT2D eigenvalue weighted by molar-refractivity contribution is 6.21. The normalized spacial score (nSPS) is 11.6. The van der Waals surface area contributed by atoms with E-state index in [2.05, 4.69) is 10.3 Å². The summed E-state index contributed by atoms with van der Waals surface area (Å²) >= 11 is 0. The Morgan fingerprint density at radius 3 is 2.38 bits per heavy atom. The van der Waals surface area contributed by atoms with Crippen LogP contribution in [0.15, 0.2) is 71.7 Å². The summed E-state index contributed by atoms with van der Waals surface area (Å²) in [4.78, 5) is 32.5. The number of carboxylic acid groups (broad SMARTS) is 1. The Hall–Kier alpha value is -4.50. The number of halogens is 1. The van der Waals surface area contributed by atoms with Crippen LogP contribution in [-0.4, -0.2) is 52.9 Å². The van der Waals surface area contributed by atoms with Crippen molar-refractivity contribution in [3.63, 3.8) is 0 Å². The number of carbonyl (C=O) groups excluding carboxylic acids is 1. The number of carbonyl (C=O) groups is 2. The van der Waals surface area contributed by atoms with Crippen molar-refractivity contribution in [2.24, 2.45) is 4.99 Å². The van der Waals surface area contributed by atoms with Crippen LogP contribution in [0.3, 0.4) is 0 Å². The number of nitrogens with one attached hydrogen (secondary N) is 2. The van der Waals surface area contributed by atoms with Gasteiger partial charge in [0, 0.05) is 36.7 Å². The van der Waals surface area contributed by atoms with E-state index in [0.29, 0.717) is 52.1 Å². The molecule has 0 fully saturated rings. The standard InChI is InChI=1S/C28H27FN4O4/c1-17(34)33(14-13-30-2)22-10-8-21(9-11-22)31-27(19-5-3-18(4-6-19)15-25(35)36)26-23-12-7-20(29)16-24(23)32-28(26)37/h3-12,16,30,32,37H,13-15H2,1-2H3,(H,35,36). The zero-order valence-corrected chi connectivity index (χ0v) is 20.5. The summed E-state index contributed by atoms with van der Waals surface area (Å²) in [6, 6.07) is 18.2. The molecule has 0 unspecified atom stereocenters. The number of benzene rings is 3. The van der Waals surface area contributed by atoms with E-state index >= 15 is 0 Å². The molecule has 0 saturated heterocycles. The lowest BCUT2D eigenvalue weighted by molar-refractivity contribution is -0.136.